The highest BCUT2D eigenvalue weighted by Crippen LogP contribution is 2.17. The van der Waals surface area contributed by atoms with E-state index in [-0.39, 0.29) is 5.75 Å². The molecule has 0 aromatic carbocycles. The molecule has 0 aromatic heterocycles. The van der Waals surface area contributed by atoms with Gasteiger partial charge in [-0.3, -0.25) is 0 Å². The van der Waals surface area contributed by atoms with Crippen LogP contribution in [0, 0.1) is 0 Å². The van der Waals surface area contributed by atoms with Crippen LogP contribution in [0.3, 0.4) is 0 Å². The minimum Gasteiger partial charge on any atom is -0.363 e. The van der Waals surface area contributed by atoms with Gasteiger partial charge < -0.3 is 10.6 Å². The highest BCUT2D eigenvalue weighted by atomic mass is 32.2. The highest BCUT2D eigenvalue weighted by molar-refractivity contribution is 7.89. The van der Waals surface area contributed by atoms with Gasteiger partial charge in [-0.2, -0.15) is 0 Å². The third kappa shape index (κ3) is 6.37. The largest absolute Gasteiger partial charge is 0.363 e. The van der Waals surface area contributed by atoms with Gasteiger partial charge in [-0.25, -0.2) is 12.7 Å². The van der Waals surface area contributed by atoms with Gasteiger partial charge in [0.1, 0.15) is 0 Å². The summed E-state index contributed by atoms with van der Waals surface area (Å²) in [4.78, 5) is 0. The maximum Gasteiger partial charge on any atom is 0.213 e. The third-order valence-corrected chi connectivity index (χ3v) is 5.84. The summed E-state index contributed by atoms with van der Waals surface area (Å²) >= 11 is 5.26. The van der Waals surface area contributed by atoms with Crippen molar-refractivity contribution in [3.8, 4) is 0 Å². The van der Waals surface area contributed by atoms with E-state index in [0.717, 1.165) is 6.42 Å². The fourth-order valence-electron chi connectivity index (χ4n) is 2.35. The molecule has 0 spiro atoms. The van der Waals surface area contributed by atoms with Crippen LogP contribution in [0.25, 0.3) is 0 Å². The quantitative estimate of drug-likeness (QED) is 0.549. The Morgan fingerprint density at radius 2 is 1.95 bits per heavy atom. The Kier molecular flexibility index (Phi) is 7.76. The van der Waals surface area contributed by atoms with Gasteiger partial charge in [0, 0.05) is 26.2 Å². The summed E-state index contributed by atoms with van der Waals surface area (Å²) in [6.45, 7) is 2.88. The van der Waals surface area contributed by atoms with Crippen LogP contribution in [-0.2, 0) is 10.0 Å². The first-order valence-electron chi connectivity index (χ1n) is 7.44. The molecule has 0 radical (unpaired) electrons. The van der Waals surface area contributed by atoms with Gasteiger partial charge in [0.25, 0.3) is 0 Å². The molecule has 1 rings (SSSR count). The molecule has 0 aliphatic heterocycles. The molecule has 1 saturated carbocycles. The summed E-state index contributed by atoms with van der Waals surface area (Å²) in [6, 6.07) is 0.506. The zero-order chi connectivity index (χ0) is 15.0. The smallest absolute Gasteiger partial charge is 0.213 e. The summed E-state index contributed by atoms with van der Waals surface area (Å²) in [5.74, 6) is 0.151. The first-order chi connectivity index (χ1) is 9.45. The SMILES string of the molecule is CCS(=O)(=O)N(C)CCCNC(=S)NC1CCCCC1. The van der Waals surface area contributed by atoms with Crippen LogP contribution in [0.2, 0.25) is 0 Å². The Labute approximate surface area is 128 Å². The zero-order valence-corrected chi connectivity index (χ0v) is 14.2. The van der Waals surface area contributed by atoms with Crippen molar-refractivity contribution in [1.82, 2.24) is 14.9 Å². The van der Waals surface area contributed by atoms with E-state index in [2.05, 4.69) is 10.6 Å². The van der Waals surface area contributed by atoms with Crippen molar-refractivity contribution in [1.29, 1.82) is 0 Å². The minimum absolute atomic E-state index is 0.151. The van der Waals surface area contributed by atoms with Crippen LogP contribution in [0.15, 0.2) is 0 Å². The lowest BCUT2D eigenvalue weighted by molar-refractivity contribution is 0.411. The summed E-state index contributed by atoms with van der Waals surface area (Å²) in [5, 5.41) is 7.18. The van der Waals surface area contributed by atoms with E-state index >= 15 is 0 Å². The highest BCUT2D eigenvalue weighted by Gasteiger charge is 2.15. The molecule has 1 aliphatic rings. The van der Waals surface area contributed by atoms with Crippen molar-refractivity contribution in [3.63, 3.8) is 0 Å². The summed E-state index contributed by atoms with van der Waals surface area (Å²) in [7, 11) is -1.44. The van der Waals surface area contributed by atoms with E-state index < -0.39 is 10.0 Å². The molecule has 1 fully saturated rings. The molecule has 0 unspecified atom stereocenters. The van der Waals surface area contributed by atoms with Gasteiger partial charge >= 0.3 is 0 Å². The molecule has 1 aliphatic carbocycles. The summed E-state index contributed by atoms with van der Waals surface area (Å²) in [6.07, 6.45) is 7.03. The number of nitrogens with one attached hydrogen (secondary N) is 2. The normalized spacial score (nSPS) is 17.1. The van der Waals surface area contributed by atoms with Crippen LogP contribution in [-0.4, -0.2) is 49.8 Å². The number of rotatable bonds is 7. The predicted octanol–water partition coefficient (Wildman–Crippen LogP) is 1.45. The second-order valence-electron chi connectivity index (χ2n) is 5.31. The first-order valence-corrected chi connectivity index (χ1v) is 9.46. The van der Waals surface area contributed by atoms with E-state index in [1.807, 2.05) is 0 Å². The zero-order valence-electron chi connectivity index (χ0n) is 12.5. The molecule has 7 heteroatoms. The maximum atomic E-state index is 11.6. The number of sulfonamides is 1. The van der Waals surface area contributed by atoms with Crippen molar-refractivity contribution < 1.29 is 8.42 Å². The van der Waals surface area contributed by atoms with Gasteiger partial charge in [0.2, 0.25) is 10.0 Å². The standard InChI is InChI=1S/C13H27N3O2S2/c1-3-20(17,18)16(2)11-7-10-14-13(19)15-12-8-5-4-6-9-12/h12H,3-11H2,1-2H3,(H2,14,15,19). The Hall–Kier alpha value is -0.400. The average molecular weight is 322 g/mol. The molecular weight excluding hydrogens is 294 g/mol. The van der Waals surface area contributed by atoms with Gasteiger partial charge in [0.05, 0.1) is 5.75 Å². The van der Waals surface area contributed by atoms with Gasteiger partial charge in [-0.05, 0) is 38.4 Å². The van der Waals surface area contributed by atoms with Crippen molar-refractivity contribution in [3.05, 3.63) is 0 Å². The molecule has 0 heterocycles. The van der Waals surface area contributed by atoms with Crippen molar-refractivity contribution >= 4 is 27.4 Å². The van der Waals surface area contributed by atoms with Gasteiger partial charge in [-0.1, -0.05) is 19.3 Å². The van der Waals surface area contributed by atoms with Crippen LogP contribution in [0.4, 0.5) is 0 Å². The Morgan fingerprint density at radius 3 is 2.55 bits per heavy atom. The lowest BCUT2D eigenvalue weighted by Gasteiger charge is -2.24. The van der Waals surface area contributed by atoms with Crippen LogP contribution in [0.5, 0.6) is 0 Å². The molecule has 0 saturated heterocycles. The van der Waals surface area contributed by atoms with E-state index in [0.29, 0.717) is 24.2 Å². The molecule has 2 N–H and O–H groups in total. The Bertz CT molecular complexity index is 392. The lowest BCUT2D eigenvalue weighted by Crippen LogP contribution is -2.43. The molecule has 5 nitrogen and oxygen atoms in total. The van der Waals surface area contributed by atoms with E-state index in [4.69, 9.17) is 12.2 Å². The maximum absolute atomic E-state index is 11.6. The predicted molar refractivity (Wildman–Crippen MR) is 87.3 cm³/mol. The second kappa shape index (κ2) is 8.79. The fourth-order valence-corrected chi connectivity index (χ4v) is 3.46. The van der Waals surface area contributed by atoms with Gasteiger partial charge in [0.15, 0.2) is 5.11 Å². The minimum atomic E-state index is -3.06. The molecule has 0 atom stereocenters. The van der Waals surface area contributed by atoms with Gasteiger partial charge in [-0.15, -0.1) is 0 Å². The summed E-state index contributed by atoms with van der Waals surface area (Å²) in [5.41, 5.74) is 0. The molecule has 0 amide bonds. The molecule has 118 valence electrons. The monoisotopic (exact) mass is 321 g/mol. The van der Waals surface area contributed by atoms with Crippen molar-refractivity contribution in [2.45, 2.75) is 51.5 Å². The van der Waals surface area contributed by atoms with E-state index in [1.54, 1.807) is 14.0 Å². The Morgan fingerprint density at radius 1 is 1.30 bits per heavy atom. The number of hydrogen-bond donors (Lipinski definition) is 2. The average Bonchev–Trinajstić information content (AvgIpc) is 2.44. The van der Waals surface area contributed by atoms with Crippen LogP contribution >= 0.6 is 12.2 Å². The molecule has 20 heavy (non-hydrogen) atoms. The fraction of sp³-hybridized carbons (Fsp3) is 0.923. The van der Waals surface area contributed by atoms with Crippen molar-refractivity contribution in [2.75, 3.05) is 25.9 Å². The summed E-state index contributed by atoms with van der Waals surface area (Å²) < 4.78 is 24.5. The van der Waals surface area contributed by atoms with Crippen LogP contribution < -0.4 is 10.6 Å². The van der Waals surface area contributed by atoms with E-state index in [9.17, 15) is 8.42 Å². The lowest BCUT2D eigenvalue weighted by atomic mass is 9.96. The van der Waals surface area contributed by atoms with E-state index in [1.165, 1.54) is 36.4 Å². The molecular formula is C13H27N3O2S2. The molecule has 0 bridgehead atoms. The molecule has 0 aromatic rings. The van der Waals surface area contributed by atoms with Crippen molar-refractivity contribution in [2.24, 2.45) is 0 Å². The van der Waals surface area contributed by atoms with Crippen LogP contribution in [0.1, 0.15) is 45.4 Å². The third-order valence-electron chi connectivity index (χ3n) is 3.72. The number of thiocarbonyl (C=S) groups is 1. The second-order valence-corrected chi connectivity index (χ2v) is 8.08. The topological polar surface area (TPSA) is 61.4 Å². The number of hydrogen-bond acceptors (Lipinski definition) is 3. The Balaban J connectivity index is 2.12. The number of nitrogens with zero attached hydrogens (tertiary/aromatic N) is 1. The first kappa shape index (κ1) is 17.7.